The van der Waals surface area contributed by atoms with Crippen LogP contribution >= 0.6 is 0 Å². The molecule has 4 nitrogen and oxygen atoms in total. The second-order valence-corrected chi connectivity index (χ2v) is 4.66. The predicted octanol–water partition coefficient (Wildman–Crippen LogP) is 1.94. The topological polar surface area (TPSA) is 52.9 Å². The van der Waals surface area contributed by atoms with Gasteiger partial charge in [-0.15, -0.1) is 0 Å². The Labute approximate surface area is 105 Å². The molecule has 4 heteroatoms. The van der Waals surface area contributed by atoms with Gasteiger partial charge in [0.05, 0.1) is 0 Å². The maximum Gasteiger partial charge on any atom is 0.277 e. The van der Waals surface area contributed by atoms with Gasteiger partial charge in [0, 0.05) is 12.6 Å². The Bertz CT molecular complexity index is 614. The van der Waals surface area contributed by atoms with Crippen molar-refractivity contribution < 1.29 is 9.90 Å². The average molecular weight is 242 g/mol. The molecule has 0 unspecified atom stereocenters. The number of fused-ring (bicyclic) bond motifs is 1. The monoisotopic (exact) mass is 242 g/mol. The first kappa shape index (κ1) is 11.0. The predicted molar refractivity (Wildman–Crippen MR) is 69.2 cm³/mol. The SMILES string of the molecule is CC1=N/C(=C2/CCc3cccc(O)c32)C(=O)N1C. The molecular formula is C14H14N2O2. The average Bonchev–Trinajstić information content (AvgIpc) is 2.88. The van der Waals surface area contributed by atoms with Crippen molar-refractivity contribution in [3.8, 4) is 5.75 Å². The lowest BCUT2D eigenvalue weighted by Gasteiger charge is -2.08. The molecule has 1 aromatic carbocycles. The lowest BCUT2D eigenvalue weighted by molar-refractivity contribution is -0.121. The molecule has 1 aromatic rings. The lowest BCUT2D eigenvalue weighted by Crippen LogP contribution is -2.25. The number of hydrogen-bond donors (Lipinski definition) is 1. The van der Waals surface area contributed by atoms with E-state index in [0.29, 0.717) is 11.5 Å². The summed E-state index contributed by atoms with van der Waals surface area (Å²) in [5.41, 5.74) is 3.24. The van der Waals surface area contributed by atoms with Gasteiger partial charge in [0.25, 0.3) is 5.91 Å². The molecule has 3 rings (SSSR count). The Balaban J connectivity index is 2.21. The first-order valence-electron chi connectivity index (χ1n) is 5.97. The van der Waals surface area contributed by atoms with Crippen LogP contribution in [-0.2, 0) is 11.2 Å². The number of rotatable bonds is 0. The van der Waals surface area contributed by atoms with E-state index >= 15 is 0 Å². The minimum absolute atomic E-state index is 0.0846. The Morgan fingerprint density at radius 1 is 1.33 bits per heavy atom. The van der Waals surface area contributed by atoms with E-state index in [1.54, 1.807) is 18.0 Å². The third kappa shape index (κ3) is 1.38. The summed E-state index contributed by atoms with van der Waals surface area (Å²) >= 11 is 0. The van der Waals surface area contributed by atoms with E-state index in [1.807, 2.05) is 19.1 Å². The van der Waals surface area contributed by atoms with Gasteiger partial charge >= 0.3 is 0 Å². The molecule has 0 radical (unpaired) electrons. The molecular weight excluding hydrogens is 228 g/mol. The molecule has 0 aromatic heterocycles. The summed E-state index contributed by atoms with van der Waals surface area (Å²) in [7, 11) is 1.72. The van der Waals surface area contributed by atoms with E-state index in [-0.39, 0.29) is 11.7 Å². The van der Waals surface area contributed by atoms with Crippen LogP contribution in [0.1, 0.15) is 24.5 Å². The van der Waals surface area contributed by atoms with Crippen molar-refractivity contribution >= 4 is 17.3 Å². The number of carbonyl (C=O) groups excluding carboxylic acids is 1. The van der Waals surface area contributed by atoms with Gasteiger partial charge in [-0.3, -0.25) is 9.69 Å². The third-order valence-electron chi connectivity index (χ3n) is 3.63. The maximum absolute atomic E-state index is 12.1. The highest BCUT2D eigenvalue weighted by Crippen LogP contribution is 2.41. The van der Waals surface area contributed by atoms with Crippen molar-refractivity contribution in [1.29, 1.82) is 0 Å². The molecule has 1 heterocycles. The van der Waals surface area contributed by atoms with Crippen LogP contribution in [-0.4, -0.2) is 28.8 Å². The zero-order chi connectivity index (χ0) is 12.9. The summed E-state index contributed by atoms with van der Waals surface area (Å²) in [5.74, 6) is 0.854. The highest BCUT2D eigenvalue weighted by molar-refractivity contribution is 6.15. The largest absolute Gasteiger partial charge is 0.507 e. The Morgan fingerprint density at radius 3 is 2.78 bits per heavy atom. The second-order valence-electron chi connectivity index (χ2n) is 4.66. The molecule has 1 aliphatic carbocycles. The van der Waals surface area contributed by atoms with Crippen LogP contribution in [0.5, 0.6) is 5.75 Å². The first-order chi connectivity index (χ1) is 8.59. The van der Waals surface area contributed by atoms with Gasteiger partial charge in [0.15, 0.2) is 0 Å². The number of hydrogen-bond acceptors (Lipinski definition) is 3. The van der Waals surface area contributed by atoms with Crippen molar-refractivity contribution in [3.05, 3.63) is 35.0 Å². The van der Waals surface area contributed by atoms with Gasteiger partial charge in [0.1, 0.15) is 17.3 Å². The Hall–Kier alpha value is -2.10. The zero-order valence-corrected chi connectivity index (χ0v) is 10.4. The van der Waals surface area contributed by atoms with Gasteiger partial charge in [0.2, 0.25) is 0 Å². The minimum atomic E-state index is -0.0846. The van der Waals surface area contributed by atoms with Crippen LogP contribution in [0.2, 0.25) is 0 Å². The molecule has 0 fully saturated rings. The normalized spacial score (nSPS) is 22.4. The van der Waals surface area contributed by atoms with Crippen LogP contribution in [0.4, 0.5) is 0 Å². The van der Waals surface area contributed by atoms with E-state index in [9.17, 15) is 9.90 Å². The number of phenols is 1. The summed E-state index contributed by atoms with van der Waals surface area (Å²) in [6.07, 6.45) is 1.62. The number of nitrogens with zero attached hydrogens (tertiary/aromatic N) is 2. The molecule has 92 valence electrons. The molecule has 18 heavy (non-hydrogen) atoms. The van der Waals surface area contributed by atoms with Crippen molar-refractivity contribution in [2.45, 2.75) is 19.8 Å². The van der Waals surface area contributed by atoms with Crippen molar-refractivity contribution in [2.75, 3.05) is 7.05 Å². The van der Waals surface area contributed by atoms with Gasteiger partial charge in [-0.25, -0.2) is 4.99 Å². The molecule has 0 spiro atoms. The van der Waals surface area contributed by atoms with Crippen LogP contribution in [0, 0.1) is 0 Å². The van der Waals surface area contributed by atoms with Crippen molar-refractivity contribution in [3.63, 3.8) is 0 Å². The van der Waals surface area contributed by atoms with E-state index < -0.39 is 0 Å². The number of aryl methyl sites for hydroxylation is 1. The van der Waals surface area contributed by atoms with Gasteiger partial charge < -0.3 is 5.11 Å². The van der Waals surface area contributed by atoms with E-state index in [1.165, 1.54) is 0 Å². The first-order valence-corrected chi connectivity index (χ1v) is 5.97. The van der Waals surface area contributed by atoms with E-state index in [0.717, 1.165) is 29.5 Å². The summed E-state index contributed by atoms with van der Waals surface area (Å²) in [4.78, 5) is 18.0. The number of allylic oxidation sites excluding steroid dienone is 1. The Kier molecular flexibility index (Phi) is 2.26. The fourth-order valence-corrected chi connectivity index (χ4v) is 2.55. The van der Waals surface area contributed by atoms with Crippen LogP contribution in [0.25, 0.3) is 5.57 Å². The van der Waals surface area contributed by atoms with E-state index in [4.69, 9.17) is 0 Å². The smallest absolute Gasteiger partial charge is 0.277 e. The summed E-state index contributed by atoms with van der Waals surface area (Å²) in [6, 6.07) is 5.48. The summed E-state index contributed by atoms with van der Waals surface area (Å²) < 4.78 is 0. The van der Waals surface area contributed by atoms with E-state index in [2.05, 4.69) is 4.99 Å². The van der Waals surface area contributed by atoms with Crippen LogP contribution in [0.15, 0.2) is 28.9 Å². The number of amides is 1. The molecule has 1 aliphatic heterocycles. The molecule has 2 aliphatic rings. The fourth-order valence-electron chi connectivity index (χ4n) is 2.55. The van der Waals surface area contributed by atoms with Crippen molar-refractivity contribution in [2.24, 2.45) is 4.99 Å². The highest BCUT2D eigenvalue weighted by Gasteiger charge is 2.31. The highest BCUT2D eigenvalue weighted by atomic mass is 16.3. The van der Waals surface area contributed by atoms with Crippen LogP contribution < -0.4 is 0 Å². The Morgan fingerprint density at radius 2 is 2.11 bits per heavy atom. The minimum Gasteiger partial charge on any atom is -0.507 e. The molecule has 0 saturated heterocycles. The van der Waals surface area contributed by atoms with Gasteiger partial charge in [-0.2, -0.15) is 0 Å². The number of phenolic OH excluding ortho intramolecular Hbond substituents is 1. The summed E-state index contributed by atoms with van der Waals surface area (Å²) in [5, 5.41) is 9.97. The number of carbonyl (C=O) groups is 1. The number of amidine groups is 1. The van der Waals surface area contributed by atoms with Gasteiger partial charge in [-0.05, 0) is 37.0 Å². The molecule has 0 atom stereocenters. The molecule has 1 amide bonds. The number of likely N-dealkylation sites (N-methyl/N-ethyl adjacent to an activating group) is 1. The third-order valence-corrected chi connectivity index (χ3v) is 3.63. The fraction of sp³-hybridized carbons (Fsp3) is 0.286. The number of benzene rings is 1. The second kappa shape index (κ2) is 3.70. The number of aliphatic imine (C=N–C) groups is 1. The molecule has 0 bridgehead atoms. The van der Waals surface area contributed by atoms with Crippen molar-refractivity contribution in [1.82, 2.24) is 4.90 Å². The lowest BCUT2D eigenvalue weighted by atomic mass is 10.0. The molecule has 0 saturated carbocycles. The van der Waals surface area contributed by atoms with Gasteiger partial charge in [-0.1, -0.05) is 12.1 Å². The zero-order valence-electron chi connectivity index (χ0n) is 10.4. The standard InChI is InChI=1S/C14H14N2O2/c1-8-15-13(14(18)16(8)2)10-7-6-9-4-3-5-11(17)12(9)10/h3-5,17H,6-7H2,1-2H3/b13-10-. The summed E-state index contributed by atoms with van der Waals surface area (Å²) in [6.45, 7) is 1.81. The quantitative estimate of drug-likeness (QED) is 0.707. The van der Waals surface area contributed by atoms with Crippen LogP contribution in [0.3, 0.4) is 0 Å². The maximum atomic E-state index is 12.1. The number of aromatic hydroxyl groups is 1. The molecule has 1 N–H and O–H groups in total.